The van der Waals surface area contributed by atoms with Crippen LogP contribution < -0.4 is 5.32 Å². The molecule has 4 heteroatoms. The van der Waals surface area contributed by atoms with Gasteiger partial charge in [0.05, 0.1) is 0 Å². The van der Waals surface area contributed by atoms with E-state index in [1.807, 2.05) is 0 Å². The van der Waals surface area contributed by atoms with Gasteiger partial charge in [-0.05, 0) is 19.9 Å². The molecule has 0 aliphatic heterocycles. The van der Waals surface area contributed by atoms with E-state index in [0.29, 0.717) is 6.54 Å². The van der Waals surface area contributed by atoms with Crippen LogP contribution in [0.2, 0.25) is 0 Å². The van der Waals surface area contributed by atoms with Gasteiger partial charge in [0.15, 0.2) is 11.8 Å². The van der Waals surface area contributed by atoms with E-state index in [9.17, 15) is 9.59 Å². The van der Waals surface area contributed by atoms with Gasteiger partial charge in [-0.15, -0.1) is 0 Å². The number of ketones is 1. The number of carboxylic acid groups (broad SMARTS) is 1. The van der Waals surface area contributed by atoms with Gasteiger partial charge in [0.1, 0.15) is 0 Å². The Bertz CT molecular complexity index is 166. The van der Waals surface area contributed by atoms with Crippen molar-refractivity contribution in [1.82, 2.24) is 5.32 Å². The van der Waals surface area contributed by atoms with E-state index in [1.165, 1.54) is 6.92 Å². The van der Waals surface area contributed by atoms with Gasteiger partial charge in [0.25, 0.3) is 0 Å². The summed E-state index contributed by atoms with van der Waals surface area (Å²) in [5.41, 5.74) is 0. The third-order valence-corrected chi connectivity index (χ3v) is 1.78. The zero-order valence-electron chi connectivity index (χ0n) is 8.17. The number of hydrogen-bond acceptors (Lipinski definition) is 3. The Morgan fingerprint density at radius 2 is 2.00 bits per heavy atom. The maximum absolute atomic E-state index is 10.8. The van der Waals surface area contributed by atoms with E-state index >= 15 is 0 Å². The van der Waals surface area contributed by atoms with Gasteiger partial charge in [-0.25, -0.2) is 0 Å². The van der Waals surface area contributed by atoms with Crippen molar-refractivity contribution in [2.24, 2.45) is 0 Å². The van der Waals surface area contributed by atoms with E-state index in [2.05, 4.69) is 12.2 Å². The van der Waals surface area contributed by atoms with Crippen molar-refractivity contribution in [2.75, 3.05) is 6.54 Å². The summed E-state index contributed by atoms with van der Waals surface area (Å²) in [6.07, 6.45) is 3.05. The highest BCUT2D eigenvalue weighted by atomic mass is 16.4. The second-order valence-corrected chi connectivity index (χ2v) is 3.04. The molecule has 0 aromatic heterocycles. The lowest BCUT2D eigenvalue weighted by Gasteiger charge is -2.10. The number of aliphatic carboxylic acids is 1. The minimum Gasteiger partial charge on any atom is -0.480 e. The molecule has 0 radical (unpaired) electrons. The highest BCUT2D eigenvalue weighted by molar-refractivity contribution is 6.01. The summed E-state index contributed by atoms with van der Waals surface area (Å²) < 4.78 is 0. The van der Waals surface area contributed by atoms with Crippen molar-refractivity contribution in [1.29, 1.82) is 0 Å². The first-order valence-corrected chi connectivity index (χ1v) is 4.56. The minimum absolute atomic E-state index is 0.344. The molecule has 2 N–H and O–H groups in total. The molecule has 0 heterocycles. The molecular formula is C9H17NO3. The van der Waals surface area contributed by atoms with Crippen LogP contribution in [0.15, 0.2) is 0 Å². The molecular weight excluding hydrogens is 170 g/mol. The van der Waals surface area contributed by atoms with Crippen LogP contribution in [0.25, 0.3) is 0 Å². The summed E-state index contributed by atoms with van der Waals surface area (Å²) in [4.78, 5) is 21.3. The molecule has 76 valence electrons. The molecule has 0 bridgehead atoms. The van der Waals surface area contributed by atoms with Gasteiger partial charge in [0, 0.05) is 0 Å². The van der Waals surface area contributed by atoms with E-state index in [0.717, 1.165) is 19.3 Å². The second-order valence-electron chi connectivity index (χ2n) is 3.04. The molecule has 1 atom stereocenters. The number of carboxylic acids is 1. The van der Waals surface area contributed by atoms with Gasteiger partial charge >= 0.3 is 5.97 Å². The van der Waals surface area contributed by atoms with Crippen molar-refractivity contribution < 1.29 is 14.7 Å². The van der Waals surface area contributed by atoms with Gasteiger partial charge in [-0.1, -0.05) is 19.8 Å². The first kappa shape index (κ1) is 12.1. The molecule has 0 aromatic rings. The largest absolute Gasteiger partial charge is 0.480 e. The number of rotatable bonds is 7. The first-order chi connectivity index (χ1) is 6.09. The summed E-state index contributed by atoms with van der Waals surface area (Å²) in [5, 5.41) is 11.3. The lowest BCUT2D eigenvalue weighted by atomic mass is 10.2. The van der Waals surface area contributed by atoms with Crippen molar-refractivity contribution in [3.05, 3.63) is 0 Å². The number of hydrogen-bond donors (Lipinski definition) is 2. The Balaban J connectivity index is 3.71. The van der Waals surface area contributed by atoms with Gasteiger partial charge in [-0.3, -0.25) is 14.9 Å². The molecule has 0 aliphatic rings. The molecule has 0 fully saturated rings. The lowest BCUT2D eigenvalue weighted by Crippen LogP contribution is -2.42. The average Bonchev–Trinajstić information content (AvgIpc) is 2.02. The molecule has 0 amide bonds. The van der Waals surface area contributed by atoms with Crippen LogP contribution in [0, 0.1) is 0 Å². The third kappa shape index (κ3) is 5.36. The van der Waals surface area contributed by atoms with E-state index in [-0.39, 0.29) is 5.78 Å². The Hall–Kier alpha value is -0.900. The highest BCUT2D eigenvalue weighted by Gasteiger charge is 2.20. The van der Waals surface area contributed by atoms with Crippen molar-refractivity contribution in [2.45, 2.75) is 39.2 Å². The quantitative estimate of drug-likeness (QED) is 0.457. The van der Waals surface area contributed by atoms with E-state index < -0.39 is 12.0 Å². The fourth-order valence-electron chi connectivity index (χ4n) is 1.03. The normalized spacial score (nSPS) is 12.5. The van der Waals surface area contributed by atoms with Gasteiger partial charge in [0.2, 0.25) is 0 Å². The predicted octanol–water partition coefficient (Wildman–Crippen LogP) is 0.808. The summed E-state index contributed by atoms with van der Waals surface area (Å²) in [6.45, 7) is 3.94. The molecule has 0 saturated heterocycles. The fourth-order valence-corrected chi connectivity index (χ4v) is 1.03. The smallest absolute Gasteiger partial charge is 0.328 e. The zero-order valence-corrected chi connectivity index (χ0v) is 8.17. The maximum atomic E-state index is 10.8. The maximum Gasteiger partial charge on any atom is 0.328 e. The summed E-state index contributed by atoms with van der Waals surface area (Å²) >= 11 is 0. The molecule has 1 unspecified atom stereocenters. The molecule has 13 heavy (non-hydrogen) atoms. The lowest BCUT2D eigenvalue weighted by molar-refractivity contribution is -0.142. The Morgan fingerprint density at radius 1 is 1.38 bits per heavy atom. The molecule has 4 nitrogen and oxygen atoms in total. The SMILES string of the molecule is CCCCCNC(C(C)=O)C(=O)O. The second kappa shape index (κ2) is 6.60. The van der Waals surface area contributed by atoms with Crippen LogP contribution in [-0.2, 0) is 9.59 Å². The number of carbonyl (C=O) groups excluding carboxylic acids is 1. The minimum atomic E-state index is -1.09. The zero-order chi connectivity index (χ0) is 10.3. The molecule has 0 aliphatic carbocycles. The molecule has 0 spiro atoms. The van der Waals surface area contributed by atoms with Crippen molar-refractivity contribution in [3.8, 4) is 0 Å². The third-order valence-electron chi connectivity index (χ3n) is 1.78. The molecule has 0 saturated carbocycles. The van der Waals surface area contributed by atoms with Crippen LogP contribution in [0.1, 0.15) is 33.1 Å². The monoisotopic (exact) mass is 187 g/mol. The number of Topliss-reactive ketones (excluding diaryl/α,β-unsaturated/α-hetero) is 1. The van der Waals surface area contributed by atoms with Crippen LogP contribution in [-0.4, -0.2) is 29.4 Å². The van der Waals surface area contributed by atoms with Gasteiger partial charge < -0.3 is 5.11 Å². The first-order valence-electron chi connectivity index (χ1n) is 4.56. The van der Waals surface area contributed by atoms with Crippen LogP contribution in [0.4, 0.5) is 0 Å². The van der Waals surface area contributed by atoms with E-state index in [4.69, 9.17) is 5.11 Å². The van der Waals surface area contributed by atoms with Crippen LogP contribution in [0.5, 0.6) is 0 Å². The standard InChI is InChI=1S/C9H17NO3/c1-3-4-5-6-10-8(7(2)11)9(12)13/h8,10H,3-6H2,1-2H3,(H,12,13). The Labute approximate surface area is 78.3 Å². The summed E-state index contributed by atoms with van der Waals surface area (Å²) in [5.74, 6) is -1.44. The summed E-state index contributed by atoms with van der Waals surface area (Å²) in [6, 6.07) is -1.03. The van der Waals surface area contributed by atoms with Crippen LogP contribution >= 0.6 is 0 Å². The average molecular weight is 187 g/mol. The van der Waals surface area contributed by atoms with Crippen molar-refractivity contribution >= 4 is 11.8 Å². The fraction of sp³-hybridized carbons (Fsp3) is 0.778. The molecule has 0 aromatic carbocycles. The molecule has 0 rings (SSSR count). The van der Waals surface area contributed by atoms with Crippen LogP contribution in [0.3, 0.4) is 0 Å². The predicted molar refractivity (Wildman–Crippen MR) is 49.6 cm³/mol. The van der Waals surface area contributed by atoms with E-state index in [1.54, 1.807) is 0 Å². The van der Waals surface area contributed by atoms with Gasteiger partial charge in [-0.2, -0.15) is 0 Å². The number of unbranched alkanes of at least 4 members (excludes halogenated alkanes) is 2. The van der Waals surface area contributed by atoms with Crippen molar-refractivity contribution in [3.63, 3.8) is 0 Å². The Kier molecular flexibility index (Phi) is 6.14. The topological polar surface area (TPSA) is 66.4 Å². The Morgan fingerprint density at radius 3 is 2.38 bits per heavy atom. The summed E-state index contributed by atoms with van der Waals surface area (Å²) in [7, 11) is 0. The number of nitrogens with one attached hydrogen (secondary N) is 1. The number of carbonyl (C=O) groups is 2. The highest BCUT2D eigenvalue weighted by Crippen LogP contribution is 1.93.